The minimum Gasteiger partial charge on any atom is -0.350 e. The molecule has 0 saturated heterocycles. The molecule has 0 fully saturated rings. The molecule has 0 spiro atoms. The van der Waals surface area contributed by atoms with E-state index in [-0.39, 0.29) is 16.8 Å². The van der Waals surface area contributed by atoms with E-state index in [9.17, 15) is 10.1 Å². The molecular weight excluding hydrogens is 326 g/mol. The van der Waals surface area contributed by atoms with E-state index in [1.807, 2.05) is 43.3 Å². The zero-order valence-corrected chi connectivity index (χ0v) is 14.1. The molecule has 126 valence electrons. The summed E-state index contributed by atoms with van der Waals surface area (Å²) in [6, 6.07) is 20.1. The molecule has 26 heavy (non-hydrogen) atoms. The summed E-state index contributed by atoms with van der Waals surface area (Å²) in [7, 11) is 0. The fraction of sp³-hybridized carbons (Fsp3) is 0.100. The summed E-state index contributed by atoms with van der Waals surface area (Å²) in [6.45, 7) is 2.20. The Kier molecular flexibility index (Phi) is 4.78. The van der Waals surface area contributed by atoms with Crippen LogP contribution >= 0.6 is 0 Å². The van der Waals surface area contributed by atoms with Crippen molar-refractivity contribution >= 4 is 11.4 Å². The summed E-state index contributed by atoms with van der Waals surface area (Å²) in [6.07, 6.45) is 0. The molecular formula is C20H15N5O. The molecule has 0 aliphatic heterocycles. The number of nitrogens with one attached hydrogen (secondary N) is 1. The Morgan fingerprint density at radius 3 is 2.31 bits per heavy atom. The van der Waals surface area contributed by atoms with Gasteiger partial charge in [0.1, 0.15) is 23.0 Å². The van der Waals surface area contributed by atoms with Gasteiger partial charge < -0.3 is 5.32 Å². The monoisotopic (exact) mass is 341 g/mol. The molecule has 1 N–H and O–H groups in total. The largest absolute Gasteiger partial charge is 0.350 e. The fourth-order valence-electron chi connectivity index (χ4n) is 2.58. The van der Waals surface area contributed by atoms with Gasteiger partial charge in [-0.3, -0.25) is 4.79 Å². The van der Waals surface area contributed by atoms with Crippen molar-refractivity contribution in [2.75, 3.05) is 5.32 Å². The van der Waals surface area contributed by atoms with Crippen LogP contribution in [0.3, 0.4) is 0 Å². The molecule has 0 atom stereocenters. The van der Waals surface area contributed by atoms with Gasteiger partial charge in [-0.2, -0.15) is 15.6 Å². The molecule has 0 aliphatic carbocycles. The lowest BCUT2D eigenvalue weighted by molar-refractivity contribution is 0.620. The Bertz CT molecular complexity index is 1070. The first-order chi connectivity index (χ1) is 12.7. The second-order valence-electron chi connectivity index (χ2n) is 5.51. The normalized spacial score (nSPS) is 9.96. The van der Waals surface area contributed by atoms with Crippen molar-refractivity contribution in [3.63, 3.8) is 0 Å². The summed E-state index contributed by atoms with van der Waals surface area (Å²) in [5.41, 5.74) is 2.34. The summed E-state index contributed by atoms with van der Waals surface area (Å²) >= 11 is 0. The smallest absolute Gasteiger partial charge is 0.291 e. The minimum atomic E-state index is -0.368. The van der Waals surface area contributed by atoms with Crippen LogP contribution in [0.4, 0.5) is 11.4 Å². The maximum Gasteiger partial charge on any atom is 0.291 e. The second kappa shape index (κ2) is 7.33. The summed E-state index contributed by atoms with van der Waals surface area (Å²) in [5, 5.41) is 26.0. The zero-order valence-electron chi connectivity index (χ0n) is 14.1. The summed E-state index contributed by atoms with van der Waals surface area (Å²) < 4.78 is 1.33. The van der Waals surface area contributed by atoms with Crippen LogP contribution in [-0.4, -0.2) is 9.78 Å². The number of aryl methyl sites for hydroxylation is 1. The van der Waals surface area contributed by atoms with Gasteiger partial charge in [-0.05, 0) is 31.2 Å². The third-order valence-electron chi connectivity index (χ3n) is 3.90. The van der Waals surface area contributed by atoms with Crippen LogP contribution < -0.4 is 10.9 Å². The van der Waals surface area contributed by atoms with Crippen LogP contribution in [0.1, 0.15) is 18.1 Å². The Morgan fingerprint density at radius 1 is 1.04 bits per heavy atom. The number of benzene rings is 2. The van der Waals surface area contributed by atoms with E-state index < -0.39 is 0 Å². The molecule has 3 aromatic rings. The molecule has 2 aromatic carbocycles. The van der Waals surface area contributed by atoms with E-state index >= 15 is 0 Å². The predicted molar refractivity (Wildman–Crippen MR) is 98.8 cm³/mol. The molecule has 0 saturated carbocycles. The molecule has 0 radical (unpaired) electrons. The second-order valence-corrected chi connectivity index (χ2v) is 5.51. The van der Waals surface area contributed by atoms with Crippen LogP contribution in [0.2, 0.25) is 0 Å². The van der Waals surface area contributed by atoms with E-state index in [0.29, 0.717) is 23.5 Å². The molecule has 3 rings (SSSR count). The maximum atomic E-state index is 12.7. The number of nitriles is 2. The van der Waals surface area contributed by atoms with Gasteiger partial charge in [0.05, 0.1) is 11.6 Å². The Hall–Kier alpha value is -3.90. The van der Waals surface area contributed by atoms with Crippen molar-refractivity contribution in [3.05, 3.63) is 76.1 Å². The number of hydrogen-bond donors (Lipinski definition) is 1. The van der Waals surface area contributed by atoms with E-state index in [1.54, 1.807) is 24.3 Å². The van der Waals surface area contributed by atoms with E-state index in [4.69, 9.17) is 5.26 Å². The Labute approximate surface area is 150 Å². The van der Waals surface area contributed by atoms with Crippen molar-refractivity contribution in [1.82, 2.24) is 9.78 Å². The van der Waals surface area contributed by atoms with Crippen molar-refractivity contribution in [1.29, 1.82) is 10.5 Å². The molecule has 1 aromatic heterocycles. The van der Waals surface area contributed by atoms with Crippen molar-refractivity contribution in [2.45, 2.75) is 13.5 Å². The van der Waals surface area contributed by atoms with Gasteiger partial charge in [0.15, 0.2) is 0 Å². The molecule has 0 amide bonds. The number of aromatic nitrogens is 2. The average Bonchev–Trinajstić information content (AvgIpc) is 2.70. The molecule has 1 heterocycles. The van der Waals surface area contributed by atoms with E-state index in [2.05, 4.69) is 16.5 Å². The van der Waals surface area contributed by atoms with E-state index in [1.165, 1.54) is 4.68 Å². The van der Waals surface area contributed by atoms with Gasteiger partial charge in [0.2, 0.25) is 0 Å². The number of hydrogen-bond acceptors (Lipinski definition) is 5. The maximum absolute atomic E-state index is 12.7. The molecule has 6 heteroatoms. The quantitative estimate of drug-likeness (QED) is 0.784. The highest BCUT2D eigenvalue weighted by Crippen LogP contribution is 2.26. The van der Waals surface area contributed by atoms with Gasteiger partial charge >= 0.3 is 0 Å². The minimum absolute atomic E-state index is 0.174. The third kappa shape index (κ3) is 3.17. The molecule has 6 nitrogen and oxygen atoms in total. The summed E-state index contributed by atoms with van der Waals surface area (Å²) in [5.74, 6) is 0. The molecule has 0 aliphatic rings. The Morgan fingerprint density at radius 2 is 1.73 bits per heavy atom. The zero-order chi connectivity index (χ0) is 18.5. The van der Waals surface area contributed by atoms with Gasteiger partial charge in [-0.15, -0.1) is 0 Å². The Balaban J connectivity index is 2.18. The van der Waals surface area contributed by atoms with Gasteiger partial charge in [0, 0.05) is 17.8 Å². The van der Waals surface area contributed by atoms with Gasteiger partial charge in [-0.1, -0.05) is 30.3 Å². The van der Waals surface area contributed by atoms with Crippen LogP contribution in [0, 0.1) is 22.7 Å². The van der Waals surface area contributed by atoms with Gasteiger partial charge in [-0.25, -0.2) is 4.68 Å². The lowest BCUT2D eigenvalue weighted by Crippen LogP contribution is -2.26. The first kappa shape index (κ1) is 16.9. The van der Waals surface area contributed by atoms with Crippen molar-refractivity contribution in [2.24, 2.45) is 0 Å². The standard InChI is InChI=1S/C20H15N5O/c1-2-25-20(26)19(23-16-10-8-14(12-21)9-11-16)17(13-22)18(24-25)15-6-4-3-5-7-15/h3-11,23H,2H2,1H3. The topological polar surface area (TPSA) is 94.5 Å². The SMILES string of the molecule is CCn1nc(-c2ccccc2)c(C#N)c(Nc2ccc(C#N)cc2)c1=O. The van der Waals surface area contributed by atoms with Crippen molar-refractivity contribution in [3.8, 4) is 23.4 Å². The number of rotatable bonds is 4. The van der Waals surface area contributed by atoms with Crippen LogP contribution in [0.25, 0.3) is 11.3 Å². The number of anilines is 2. The summed E-state index contributed by atoms with van der Waals surface area (Å²) in [4.78, 5) is 12.7. The molecule has 0 bridgehead atoms. The predicted octanol–water partition coefficient (Wildman–Crippen LogP) is 3.42. The molecule has 0 unspecified atom stereocenters. The van der Waals surface area contributed by atoms with Crippen LogP contribution in [0.15, 0.2) is 59.4 Å². The lowest BCUT2D eigenvalue weighted by Gasteiger charge is -2.14. The third-order valence-corrected chi connectivity index (χ3v) is 3.90. The first-order valence-electron chi connectivity index (χ1n) is 8.05. The van der Waals surface area contributed by atoms with Crippen LogP contribution in [-0.2, 0) is 6.54 Å². The fourth-order valence-corrected chi connectivity index (χ4v) is 2.58. The average molecular weight is 341 g/mol. The first-order valence-corrected chi connectivity index (χ1v) is 8.05. The number of nitrogens with zero attached hydrogens (tertiary/aromatic N) is 4. The van der Waals surface area contributed by atoms with E-state index in [0.717, 1.165) is 5.56 Å². The van der Waals surface area contributed by atoms with Gasteiger partial charge in [0.25, 0.3) is 5.56 Å². The highest BCUT2D eigenvalue weighted by molar-refractivity contribution is 5.76. The lowest BCUT2D eigenvalue weighted by atomic mass is 10.1. The highest BCUT2D eigenvalue weighted by atomic mass is 16.1. The highest BCUT2D eigenvalue weighted by Gasteiger charge is 2.18. The van der Waals surface area contributed by atoms with Crippen molar-refractivity contribution < 1.29 is 0 Å². The van der Waals surface area contributed by atoms with Crippen LogP contribution in [0.5, 0.6) is 0 Å².